The average molecular weight is 456 g/mol. The number of hydrogen-bond acceptors (Lipinski definition) is 5. The number of para-hydroxylation sites is 1. The number of carbonyl (C=O) groups excluding carboxylic acids is 2. The van der Waals surface area contributed by atoms with E-state index in [0.29, 0.717) is 53.5 Å². The number of benzene rings is 3. The number of furan rings is 1. The van der Waals surface area contributed by atoms with E-state index in [2.05, 4.69) is 10.6 Å². The highest BCUT2D eigenvalue weighted by Crippen LogP contribution is 2.35. The van der Waals surface area contributed by atoms with E-state index in [9.17, 15) is 9.59 Å². The molecule has 0 aliphatic carbocycles. The van der Waals surface area contributed by atoms with E-state index in [1.54, 1.807) is 24.3 Å². The van der Waals surface area contributed by atoms with Gasteiger partial charge in [-0.1, -0.05) is 49.4 Å². The van der Waals surface area contributed by atoms with E-state index >= 15 is 0 Å². The van der Waals surface area contributed by atoms with Crippen LogP contribution in [0, 0.1) is 0 Å². The van der Waals surface area contributed by atoms with E-state index in [4.69, 9.17) is 13.9 Å². The van der Waals surface area contributed by atoms with Crippen molar-refractivity contribution in [1.29, 1.82) is 0 Å². The van der Waals surface area contributed by atoms with Crippen LogP contribution < -0.4 is 20.1 Å². The molecule has 0 spiro atoms. The van der Waals surface area contributed by atoms with Crippen molar-refractivity contribution >= 4 is 34.2 Å². The van der Waals surface area contributed by atoms with Gasteiger partial charge in [0, 0.05) is 17.1 Å². The van der Waals surface area contributed by atoms with Gasteiger partial charge < -0.3 is 24.5 Å². The molecule has 1 aliphatic rings. The van der Waals surface area contributed by atoms with Gasteiger partial charge in [0.2, 0.25) is 11.7 Å². The predicted octanol–water partition coefficient (Wildman–Crippen LogP) is 5.59. The van der Waals surface area contributed by atoms with E-state index in [0.717, 1.165) is 5.56 Å². The molecule has 0 unspecified atom stereocenters. The van der Waals surface area contributed by atoms with Gasteiger partial charge in [0.25, 0.3) is 5.91 Å². The Morgan fingerprint density at radius 1 is 0.882 bits per heavy atom. The topological polar surface area (TPSA) is 89.8 Å². The lowest BCUT2D eigenvalue weighted by Gasteiger charge is -2.19. The summed E-state index contributed by atoms with van der Waals surface area (Å²) in [4.78, 5) is 26.5. The number of ether oxygens (including phenoxy) is 2. The number of rotatable bonds is 6. The first-order valence-corrected chi connectivity index (χ1v) is 11.2. The van der Waals surface area contributed by atoms with Crippen LogP contribution in [-0.4, -0.2) is 25.0 Å². The van der Waals surface area contributed by atoms with Crippen LogP contribution in [0.1, 0.15) is 35.4 Å². The quantitative estimate of drug-likeness (QED) is 0.395. The first-order chi connectivity index (χ1) is 16.6. The standard InChI is InChI=1S/C27H24N2O5/c1-2-19(17-8-4-3-5-9-17)26(30)29-24-20-10-6-7-11-21(20)34-25(24)27(31)28-18-12-13-22-23(16-18)33-15-14-32-22/h3-13,16,19H,2,14-15H2,1H3,(H,28,31)(H,29,30)/t19-/m0/s1. The van der Waals surface area contributed by atoms with Gasteiger partial charge >= 0.3 is 0 Å². The van der Waals surface area contributed by atoms with Crippen LogP contribution in [-0.2, 0) is 4.79 Å². The zero-order valence-electron chi connectivity index (χ0n) is 18.7. The summed E-state index contributed by atoms with van der Waals surface area (Å²) in [6.45, 7) is 2.90. The second-order valence-corrected chi connectivity index (χ2v) is 7.98. The fraction of sp³-hybridized carbons (Fsp3) is 0.185. The molecule has 0 saturated carbocycles. The van der Waals surface area contributed by atoms with Crippen LogP contribution >= 0.6 is 0 Å². The van der Waals surface area contributed by atoms with Crippen molar-refractivity contribution < 1.29 is 23.5 Å². The van der Waals surface area contributed by atoms with E-state index in [1.165, 1.54) is 0 Å². The van der Waals surface area contributed by atoms with Crippen molar-refractivity contribution in [1.82, 2.24) is 0 Å². The molecule has 4 aromatic rings. The Labute approximate surface area is 196 Å². The summed E-state index contributed by atoms with van der Waals surface area (Å²) in [6.07, 6.45) is 0.615. The number of fused-ring (bicyclic) bond motifs is 2. The Morgan fingerprint density at radius 2 is 1.62 bits per heavy atom. The number of anilines is 2. The first-order valence-electron chi connectivity index (χ1n) is 11.2. The highest BCUT2D eigenvalue weighted by atomic mass is 16.6. The summed E-state index contributed by atoms with van der Waals surface area (Å²) in [7, 11) is 0. The van der Waals surface area contributed by atoms with Gasteiger partial charge in [-0.15, -0.1) is 0 Å². The molecule has 0 fully saturated rings. The van der Waals surface area contributed by atoms with Crippen LogP contribution in [0.4, 0.5) is 11.4 Å². The Balaban J connectivity index is 1.45. The monoisotopic (exact) mass is 456 g/mol. The molecular formula is C27H24N2O5. The van der Waals surface area contributed by atoms with Gasteiger partial charge in [0.05, 0.1) is 5.92 Å². The lowest BCUT2D eigenvalue weighted by molar-refractivity contribution is -0.117. The molecule has 172 valence electrons. The van der Waals surface area contributed by atoms with Crippen LogP contribution in [0.3, 0.4) is 0 Å². The van der Waals surface area contributed by atoms with Gasteiger partial charge in [-0.25, -0.2) is 0 Å². The minimum Gasteiger partial charge on any atom is -0.486 e. The minimum absolute atomic E-state index is 0.0346. The second-order valence-electron chi connectivity index (χ2n) is 7.98. The maximum Gasteiger partial charge on any atom is 0.293 e. The van der Waals surface area contributed by atoms with Gasteiger partial charge in [-0.3, -0.25) is 9.59 Å². The average Bonchev–Trinajstić information content (AvgIpc) is 3.23. The number of carbonyl (C=O) groups is 2. The number of amides is 2. The highest BCUT2D eigenvalue weighted by Gasteiger charge is 2.26. The molecule has 3 aromatic carbocycles. The van der Waals surface area contributed by atoms with Crippen LogP contribution in [0.5, 0.6) is 11.5 Å². The minimum atomic E-state index is -0.476. The Hall–Kier alpha value is -4.26. The lowest BCUT2D eigenvalue weighted by Crippen LogP contribution is -2.22. The van der Waals surface area contributed by atoms with Crippen LogP contribution in [0.25, 0.3) is 11.0 Å². The van der Waals surface area contributed by atoms with Crippen LogP contribution in [0.2, 0.25) is 0 Å². The maximum atomic E-state index is 13.3. The smallest absolute Gasteiger partial charge is 0.293 e. The molecule has 1 aromatic heterocycles. The van der Waals surface area contributed by atoms with Crippen LogP contribution in [0.15, 0.2) is 77.2 Å². The Kier molecular flexibility index (Phi) is 5.91. The van der Waals surface area contributed by atoms with Gasteiger partial charge in [0.15, 0.2) is 11.5 Å². The predicted molar refractivity (Wildman–Crippen MR) is 130 cm³/mol. The Morgan fingerprint density at radius 3 is 2.41 bits per heavy atom. The molecule has 34 heavy (non-hydrogen) atoms. The summed E-state index contributed by atoms with van der Waals surface area (Å²) < 4.78 is 17.0. The van der Waals surface area contributed by atoms with E-state index in [1.807, 2.05) is 55.5 Å². The summed E-state index contributed by atoms with van der Waals surface area (Å²) >= 11 is 0. The van der Waals surface area contributed by atoms with Crippen molar-refractivity contribution in [2.24, 2.45) is 0 Å². The van der Waals surface area contributed by atoms with E-state index < -0.39 is 5.91 Å². The van der Waals surface area contributed by atoms with Gasteiger partial charge in [-0.2, -0.15) is 0 Å². The SMILES string of the molecule is CC[C@H](C(=O)Nc1c(C(=O)Nc2ccc3c(c2)OCCO3)oc2ccccc12)c1ccccc1. The molecule has 7 nitrogen and oxygen atoms in total. The summed E-state index contributed by atoms with van der Waals surface area (Å²) in [5.74, 6) is 0.198. The van der Waals surface area contributed by atoms with E-state index in [-0.39, 0.29) is 17.6 Å². The molecule has 1 atom stereocenters. The Bertz CT molecular complexity index is 1350. The summed E-state index contributed by atoms with van der Waals surface area (Å²) in [6, 6.07) is 22.0. The van der Waals surface area contributed by atoms with Crippen molar-refractivity contribution in [3.8, 4) is 11.5 Å². The van der Waals surface area contributed by atoms with Crippen molar-refractivity contribution in [3.63, 3.8) is 0 Å². The third-order valence-electron chi connectivity index (χ3n) is 5.78. The molecule has 7 heteroatoms. The third kappa shape index (κ3) is 4.20. The molecule has 2 amide bonds. The first kappa shape index (κ1) is 21.6. The van der Waals surface area contributed by atoms with Crippen molar-refractivity contribution in [2.75, 3.05) is 23.8 Å². The largest absolute Gasteiger partial charge is 0.486 e. The zero-order chi connectivity index (χ0) is 23.5. The summed E-state index contributed by atoms with van der Waals surface area (Å²) in [5.41, 5.74) is 2.31. The fourth-order valence-corrected chi connectivity index (χ4v) is 4.11. The fourth-order valence-electron chi connectivity index (χ4n) is 4.11. The molecule has 0 saturated heterocycles. The lowest BCUT2D eigenvalue weighted by atomic mass is 9.95. The second kappa shape index (κ2) is 9.31. The molecule has 1 aliphatic heterocycles. The zero-order valence-corrected chi connectivity index (χ0v) is 18.7. The third-order valence-corrected chi connectivity index (χ3v) is 5.78. The van der Waals surface area contributed by atoms with Gasteiger partial charge in [0.1, 0.15) is 24.5 Å². The van der Waals surface area contributed by atoms with Crippen molar-refractivity contribution in [2.45, 2.75) is 19.3 Å². The molecule has 0 bridgehead atoms. The number of nitrogens with one attached hydrogen (secondary N) is 2. The molecule has 2 heterocycles. The van der Waals surface area contributed by atoms with Gasteiger partial charge in [-0.05, 0) is 36.2 Å². The number of hydrogen-bond donors (Lipinski definition) is 2. The summed E-state index contributed by atoms with van der Waals surface area (Å²) in [5, 5.41) is 6.46. The molecule has 5 rings (SSSR count). The molecular weight excluding hydrogens is 432 g/mol. The van der Waals surface area contributed by atoms with Crippen molar-refractivity contribution in [3.05, 3.63) is 84.1 Å². The maximum absolute atomic E-state index is 13.3. The highest BCUT2D eigenvalue weighted by molar-refractivity contribution is 6.15. The normalized spacial score (nSPS) is 13.3. The molecule has 2 N–H and O–H groups in total. The molecule has 0 radical (unpaired) electrons.